The van der Waals surface area contributed by atoms with Crippen LogP contribution in [0.5, 0.6) is 0 Å². The number of carbonyl (C=O) groups excluding carboxylic acids is 1. The molecular formula is C28H23N5OS2. The molecule has 178 valence electrons. The first-order chi connectivity index (χ1) is 17.7. The highest BCUT2D eigenvalue weighted by atomic mass is 32.2. The Morgan fingerprint density at radius 1 is 1.00 bits per heavy atom. The molecule has 0 aliphatic carbocycles. The summed E-state index contributed by atoms with van der Waals surface area (Å²) >= 11 is 3.06. The molecule has 1 amide bonds. The molecule has 0 unspecified atom stereocenters. The van der Waals surface area contributed by atoms with E-state index >= 15 is 0 Å². The molecule has 0 saturated carbocycles. The van der Waals surface area contributed by atoms with Crippen molar-refractivity contribution in [3.63, 3.8) is 0 Å². The predicted octanol–water partition coefficient (Wildman–Crippen LogP) is 6.87. The van der Waals surface area contributed by atoms with Crippen molar-refractivity contribution < 1.29 is 4.79 Å². The molecule has 0 saturated heterocycles. The molecule has 0 radical (unpaired) electrons. The molecule has 0 spiro atoms. The Bertz CT molecular complexity index is 1580. The molecule has 6 rings (SSSR count). The molecule has 5 aromatic rings. The third-order valence-electron chi connectivity index (χ3n) is 6.21. The van der Waals surface area contributed by atoms with Crippen molar-refractivity contribution in [1.29, 1.82) is 0 Å². The highest BCUT2D eigenvalue weighted by Gasteiger charge is 2.33. The van der Waals surface area contributed by atoms with Crippen molar-refractivity contribution in [1.82, 2.24) is 19.7 Å². The number of hydrogen-bond acceptors (Lipinski definition) is 6. The van der Waals surface area contributed by atoms with Crippen LogP contribution in [0.25, 0.3) is 22.1 Å². The largest absolute Gasteiger partial charge is 0.320 e. The van der Waals surface area contributed by atoms with E-state index in [-0.39, 0.29) is 11.2 Å². The van der Waals surface area contributed by atoms with Gasteiger partial charge in [-0.05, 0) is 36.8 Å². The number of nitrogens with zero attached hydrogens (tertiary/aromatic N) is 5. The number of para-hydroxylation sites is 3. The SMILES string of the molecule is C=CCn1c2ccccc2c2nnc(S[C@@H](CC)C(=O)N3c4ccccc4Sc4ccccc43)nc21. The Labute approximate surface area is 217 Å². The summed E-state index contributed by atoms with van der Waals surface area (Å²) < 4.78 is 2.09. The fourth-order valence-corrected chi connectivity index (χ4v) is 6.49. The van der Waals surface area contributed by atoms with Gasteiger partial charge in [0.1, 0.15) is 5.52 Å². The molecule has 36 heavy (non-hydrogen) atoms. The van der Waals surface area contributed by atoms with Crippen LogP contribution >= 0.6 is 23.5 Å². The van der Waals surface area contributed by atoms with Gasteiger partial charge in [0.15, 0.2) is 5.65 Å². The quantitative estimate of drug-likeness (QED) is 0.184. The van der Waals surface area contributed by atoms with Gasteiger partial charge in [-0.2, -0.15) is 0 Å². The summed E-state index contributed by atoms with van der Waals surface area (Å²) in [6.07, 6.45) is 2.48. The van der Waals surface area contributed by atoms with Crippen LogP contribution in [0.1, 0.15) is 13.3 Å². The first kappa shape index (κ1) is 22.8. The lowest BCUT2D eigenvalue weighted by Gasteiger charge is -2.33. The minimum absolute atomic E-state index is 0.0121. The molecule has 2 aromatic heterocycles. The molecule has 0 bridgehead atoms. The fourth-order valence-electron chi connectivity index (χ4n) is 4.57. The van der Waals surface area contributed by atoms with Crippen LogP contribution in [-0.4, -0.2) is 30.9 Å². The van der Waals surface area contributed by atoms with Crippen LogP contribution in [0.15, 0.2) is 100 Å². The standard InChI is InChI=1S/C28H23N5OS2/c1-3-17-32-19-12-6-5-11-18(19)25-26(32)29-28(31-30-25)36-22(4-2)27(34)33-20-13-7-9-15-23(20)35-24-16-10-8-14-21(24)33/h3,5-16,22H,1,4,17H2,2H3/t22-/m0/s1. The van der Waals surface area contributed by atoms with Gasteiger partial charge in [0, 0.05) is 21.7 Å². The molecule has 0 N–H and O–H groups in total. The minimum Gasteiger partial charge on any atom is -0.320 e. The van der Waals surface area contributed by atoms with Crippen LogP contribution in [0.4, 0.5) is 11.4 Å². The second-order valence-corrected chi connectivity index (χ2v) is 10.7. The van der Waals surface area contributed by atoms with E-state index in [1.54, 1.807) is 11.8 Å². The van der Waals surface area contributed by atoms with Crippen molar-refractivity contribution in [2.24, 2.45) is 0 Å². The second kappa shape index (κ2) is 9.44. The monoisotopic (exact) mass is 509 g/mol. The number of benzene rings is 3. The van der Waals surface area contributed by atoms with Gasteiger partial charge in [0.2, 0.25) is 11.1 Å². The highest BCUT2D eigenvalue weighted by molar-refractivity contribution is 8.00. The maximum atomic E-state index is 14.0. The summed E-state index contributed by atoms with van der Waals surface area (Å²) in [5, 5.41) is 10.1. The topological polar surface area (TPSA) is 63.9 Å². The zero-order chi connectivity index (χ0) is 24.6. The van der Waals surface area contributed by atoms with Gasteiger partial charge in [-0.15, -0.1) is 16.8 Å². The maximum Gasteiger partial charge on any atom is 0.245 e. The number of rotatable bonds is 6. The molecule has 6 nitrogen and oxygen atoms in total. The number of carbonyl (C=O) groups is 1. The lowest BCUT2D eigenvalue weighted by atomic mass is 10.2. The third kappa shape index (κ3) is 3.77. The zero-order valence-electron chi connectivity index (χ0n) is 19.7. The van der Waals surface area contributed by atoms with Gasteiger partial charge < -0.3 is 4.57 Å². The zero-order valence-corrected chi connectivity index (χ0v) is 21.3. The number of allylic oxidation sites excluding steroid dienone is 1. The lowest BCUT2D eigenvalue weighted by molar-refractivity contribution is -0.117. The molecule has 1 atom stereocenters. The fraction of sp³-hybridized carbons (Fsp3) is 0.143. The molecule has 0 fully saturated rings. The van der Waals surface area contributed by atoms with E-state index in [9.17, 15) is 4.79 Å². The Morgan fingerprint density at radius 2 is 1.67 bits per heavy atom. The van der Waals surface area contributed by atoms with Gasteiger partial charge in [0.05, 0.1) is 22.1 Å². The summed E-state index contributed by atoms with van der Waals surface area (Å²) in [5.74, 6) is 0.0121. The predicted molar refractivity (Wildman–Crippen MR) is 147 cm³/mol. The van der Waals surface area contributed by atoms with Crippen LogP contribution in [0.3, 0.4) is 0 Å². The van der Waals surface area contributed by atoms with Gasteiger partial charge in [-0.25, -0.2) is 4.98 Å². The summed E-state index contributed by atoms with van der Waals surface area (Å²) in [7, 11) is 0. The van der Waals surface area contributed by atoms with Gasteiger partial charge in [0.25, 0.3) is 0 Å². The van der Waals surface area contributed by atoms with Crippen LogP contribution in [0.2, 0.25) is 0 Å². The average Bonchev–Trinajstić information content (AvgIpc) is 3.23. The molecular weight excluding hydrogens is 486 g/mol. The number of amides is 1. The van der Waals surface area contributed by atoms with E-state index in [4.69, 9.17) is 4.98 Å². The van der Waals surface area contributed by atoms with E-state index in [1.807, 2.05) is 72.5 Å². The summed E-state index contributed by atoms with van der Waals surface area (Å²) in [6.45, 7) is 6.54. The molecule has 3 heterocycles. The van der Waals surface area contributed by atoms with Crippen LogP contribution in [0, 0.1) is 0 Å². The molecule has 8 heteroatoms. The smallest absolute Gasteiger partial charge is 0.245 e. The number of aromatic nitrogens is 4. The van der Waals surface area contributed by atoms with E-state index in [2.05, 4.69) is 39.5 Å². The van der Waals surface area contributed by atoms with E-state index < -0.39 is 0 Å². The molecule has 1 aliphatic heterocycles. The number of fused-ring (bicyclic) bond motifs is 5. The van der Waals surface area contributed by atoms with Crippen molar-refractivity contribution in [2.45, 2.75) is 40.1 Å². The van der Waals surface area contributed by atoms with Crippen molar-refractivity contribution >= 4 is 62.9 Å². The number of hydrogen-bond donors (Lipinski definition) is 0. The van der Waals surface area contributed by atoms with Crippen LogP contribution < -0.4 is 4.90 Å². The summed E-state index contributed by atoms with van der Waals surface area (Å²) in [4.78, 5) is 22.9. The second-order valence-electron chi connectivity index (χ2n) is 8.41. The Morgan fingerprint density at radius 3 is 2.36 bits per heavy atom. The highest BCUT2D eigenvalue weighted by Crippen LogP contribution is 2.48. The van der Waals surface area contributed by atoms with Gasteiger partial charge in [-0.1, -0.05) is 79.0 Å². The van der Waals surface area contributed by atoms with Crippen molar-refractivity contribution in [2.75, 3.05) is 4.90 Å². The Hall–Kier alpha value is -3.62. The number of thioether (sulfide) groups is 1. The van der Waals surface area contributed by atoms with Gasteiger partial charge in [-0.3, -0.25) is 9.69 Å². The Kier molecular flexibility index (Phi) is 5.99. The van der Waals surface area contributed by atoms with Crippen molar-refractivity contribution in [3.8, 4) is 0 Å². The van der Waals surface area contributed by atoms with E-state index in [1.165, 1.54) is 11.8 Å². The first-order valence-corrected chi connectivity index (χ1v) is 13.5. The number of anilines is 2. The van der Waals surface area contributed by atoms with E-state index in [0.717, 1.165) is 43.2 Å². The van der Waals surface area contributed by atoms with Gasteiger partial charge >= 0.3 is 0 Å². The first-order valence-electron chi connectivity index (χ1n) is 11.8. The summed E-state index contributed by atoms with van der Waals surface area (Å²) in [5.41, 5.74) is 4.36. The Balaban J connectivity index is 1.39. The lowest BCUT2D eigenvalue weighted by Crippen LogP contribution is -2.35. The minimum atomic E-state index is -0.370. The molecule has 3 aromatic carbocycles. The van der Waals surface area contributed by atoms with Crippen molar-refractivity contribution in [3.05, 3.63) is 85.5 Å². The van der Waals surface area contributed by atoms with Crippen LogP contribution in [-0.2, 0) is 11.3 Å². The third-order valence-corrected chi connectivity index (χ3v) is 8.55. The average molecular weight is 510 g/mol. The maximum absolute atomic E-state index is 14.0. The summed E-state index contributed by atoms with van der Waals surface area (Å²) in [6, 6.07) is 24.2. The van der Waals surface area contributed by atoms with E-state index in [0.29, 0.717) is 18.1 Å². The molecule has 1 aliphatic rings. The normalized spacial score (nSPS) is 13.4.